The second-order valence-electron chi connectivity index (χ2n) is 2.82. The molecule has 0 saturated carbocycles. The van der Waals surface area contributed by atoms with Gasteiger partial charge in [-0.1, -0.05) is 12.1 Å². The van der Waals surface area contributed by atoms with Gasteiger partial charge in [0.2, 0.25) is 0 Å². The molecule has 0 aliphatic rings. The Morgan fingerprint density at radius 3 is 2.62 bits per heavy atom. The number of aliphatic hydroxyl groups excluding tert-OH is 1. The lowest BCUT2D eigenvalue weighted by Gasteiger charge is -2.08. The van der Waals surface area contributed by atoms with Crippen LogP contribution in [-0.2, 0) is 6.61 Å². The van der Waals surface area contributed by atoms with Gasteiger partial charge < -0.3 is 15.9 Å². The fourth-order valence-electron chi connectivity index (χ4n) is 1.18. The van der Waals surface area contributed by atoms with Gasteiger partial charge in [0.15, 0.2) is 0 Å². The molecule has 0 unspecified atom stereocenters. The lowest BCUT2D eigenvalue weighted by atomic mass is 10.0. The highest BCUT2D eigenvalue weighted by Gasteiger charge is 2.09. The van der Waals surface area contributed by atoms with Crippen LogP contribution in [0.25, 0.3) is 0 Å². The molecule has 0 bridgehead atoms. The Morgan fingerprint density at radius 2 is 2.15 bits per heavy atom. The molecule has 1 aromatic rings. The highest BCUT2D eigenvalue weighted by Crippen LogP contribution is 2.24. The topological polar surface area (TPSA) is 90.3 Å². The Kier molecular flexibility index (Phi) is 2.53. The second-order valence-corrected chi connectivity index (χ2v) is 2.82. The summed E-state index contributed by atoms with van der Waals surface area (Å²) in [6, 6.07) is 3.17. The molecule has 1 aromatic carbocycles. The average molecular weight is 180 g/mol. The molecule has 70 valence electrons. The first-order valence-electron chi connectivity index (χ1n) is 3.84. The quantitative estimate of drug-likeness (QED) is 0.394. The Morgan fingerprint density at radius 1 is 1.54 bits per heavy atom. The van der Waals surface area contributed by atoms with Crippen molar-refractivity contribution in [3.63, 3.8) is 0 Å². The van der Waals surface area contributed by atoms with Gasteiger partial charge in [-0.05, 0) is 6.92 Å². The fourth-order valence-corrected chi connectivity index (χ4v) is 1.18. The molecule has 4 heteroatoms. The van der Waals surface area contributed by atoms with E-state index in [-0.39, 0.29) is 18.2 Å². The van der Waals surface area contributed by atoms with Gasteiger partial charge in [-0.15, -0.1) is 0 Å². The van der Waals surface area contributed by atoms with Crippen LogP contribution in [0.15, 0.2) is 12.1 Å². The number of aliphatic hydroxyl groups is 1. The Balaban J connectivity index is 3.31. The van der Waals surface area contributed by atoms with Crippen molar-refractivity contribution in [2.24, 2.45) is 5.73 Å². The van der Waals surface area contributed by atoms with E-state index < -0.39 is 0 Å². The molecule has 1 rings (SSSR count). The van der Waals surface area contributed by atoms with E-state index in [0.29, 0.717) is 16.7 Å². The summed E-state index contributed by atoms with van der Waals surface area (Å²) < 4.78 is 0. The van der Waals surface area contributed by atoms with Crippen LogP contribution in [0, 0.1) is 12.3 Å². The van der Waals surface area contributed by atoms with Crippen molar-refractivity contribution in [2.75, 3.05) is 0 Å². The van der Waals surface area contributed by atoms with Gasteiger partial charge in [0.1, 0.15) is 11.6 Å². The van der Waals surface area contributed by atoms with Gasteiger partial charge in [-0.2, -0.15) is 0 Å². The predicted molar refractivity (Wildman–Crippen MR) is 49.8 cm³/mol. The number of benzene rings is 1. The number of nitrogens with one attached hydrogen (secondary N) is 1. The van der Waals surface area contributed by atoms with Crippen molar-refractivity contribution in [1.82, 2.24) is 0 Å². The summed E-state index contributed by atoms with van der Waals surface area (Å²) in [7, 11) is 0. The summed E-state index contributed by atoms with van der Waals surface area (Å²) in [5, 5.41) is 25.5. The largest absolute Gasteiger partial charge is 0.507 e. The monoisotopic (exact) mass is 180 g/mol. The van der Waals surface area contributed by atoms with Crippen LogP contribution < -0.4 is 5.73 Å². The fraction of sp³-hybridized carbons (Fsp3) is 0.222. The smallest absolute Gasteiger partial charge is 0.124 e. The molecule has 0 radical (unpaired) electrons. The Labute approximate surface area is 76.1 Å². The van der Waals surface area contributed by atoms with E-state index in [1.165, 1.54) is 0 Å². The second kappa shape index (κ2) is 3.45. The zero-order valence-electron chi connectivity index (χ0n) is 7.33. The maximum Gasteiger partial charge on any atom is 0.124 e. The number of rotatable bonds is 2. The van der Waals surface area contributed by atoms with Crippen molar-refractivity contribution >= 4 is 5.84 Å². The van der Waals surface area contributed by atoms with Gasteiger partial charge in [-0.3, -0.25) is 5.41 Å². The first kappa shape index (κ1) is 9.54. The third-order valence-corrected chi connectivity index (χ3v) is 1.98. The number of nitrogen functional groups attached to an aromatic ring is 1. The molecular formula is C9H12N2O2. The van der Waals surface area contributed by atoms with E-state index in [4.69, 9.17) is 16.2 Å². The summed E-state index contributed by atoms with van der Waals surface area (Å²) in [6.07, 6.45) is 0. The molecule has 4 nitrogen and oxygen atoms in total. The van der Waals surface area contributed by atoms with E-state index in [1.807, 2.05) is 0 Å². The highest BCUT2D eigenvalue weighted by molar-refractivity contribution is 5.97. The molecule has 0 heterocycles. The average Bonchev–Trinajstić information content (AvgIpc) is 2.09. The summed E-state index contributed by atoms with van der Waals surface area (Å²) in [5.74, 6) is -0.0764. The molecule has 0 aromatic heterocycles. The lowest BCUT2D eigenvalue weighted by molar-refractivity contribution is 0.275. The molecule has 0 fully saturated rings. The van der Waals surface area contributed by atoms with Gasteiger partial charge in [0.25, 0.3) is 0 Å². The third-order valence-electron chi connectivity index (χ3n) is 1.98. The predicted octanol–water partition coefficient (Wildman–Crippen LogP) is 0.477. The van der Waals surface area contributed by atoms with Crippen molar-refractivity contribution in [3.8, 4) is 5.75 Å². The molecule has 0 atom stereocenters. The zero-order chi connectivity index (χ0) is 10.0. The first-order chi connectivity index (χ1) is 6.07. The minimum atomic E-state index is -0.217. The van der Waals surface area contributed by atoms with Gasteiger partial charge in [0.05, 0.1) is 6.61 Å². The van der Waals surface area contributed by atoms with Crippen molar-refractivity contribution in [3.05, 3.63) is 28.8 Å². The van der Waals surface area contributed by atoms with Crippen molar-refractivity contribution in [1.29, 1.82) is 5.41 Å². The van der Waals surface area contributed by atoms with E-state index >= 15 is 0 Å². The molecule has 0 aliphatic heterocycles. The van der Waals surface area contributed by atoms with Crippen LogP contribution in [0.3, 0.4) is 0 Å². The zero-order valence-corrected chi connectivity index (χ0v) is 7.33. The minimum Gasteiger partial charge on any atom is -0.507 e. The maximum absolute atomic E-state index is 9.52. The van der Waals surface area contributed by atoms with E-state index in [1.54, 1.807) is 19.1 Å². The number of hydrogen-bond acceptors (Lipinski definition) is 3. The standard InChI is InChI=1S/C9H12N2O2/c1-5-7(9(10)11)3-2-6(4-12)8(5)13/h2-3,12-13H,4H2,1H3,(H3,10,11). The van der Waals surface area contributed by atoms with Gasteiger partial charge in [-0.25, -0.2) is 0 Å². The van der Waals surface area contributed by atoms with Crippen LogP contribution in [0.1, 0.15) is 16.7 Å². The van der Waals surface area contributed by atoms with E-state index in [0.717, 1.165) is 0 Å². The molecule has 0 aliphatic carbocycles. The first-order valence-corrected chi connectivity index (χ1v) is 3.84. The number of nitrogens with two attached hydrogens (primary N) is 1. The van der Waals surface area contributed by atoms with Crippen LogP contribution in [0.2, 0.25) is 0 Å². The summed E-state index contributed by atoms with van der Waals surface area (Å²) in [4.78, 5) is 0. The number of amidine groups is 1. The number of hydrogen-bond donors (Lipinski definition) is 4. The van der Waals surface area contributed by atoms with E-state index in [2.05, 4.69) is 0 Å². The molecule has 0 spiro atoms. The molecular weight excluding hydrogens is 168 g/mol. The van der Waals surface area contributed by atoms with Crippen LogP contribution >= 0.6 is 0 Å². The SMILES string of the molecule is Cc1c(C(=N)N)ccc(CO)c1O. The number of phenols is 1. The molecule has 5 N–H and O–H groups in total. The highest BCUT2D eigenvalue weighted by atomic mass is 16.3. The Hall–Kier alpha value is -1.55. The summed E-state index contributed by atoms with van der Waals surface area (Å²) >= 11 is 0. The van der Waals surface area contributed by atoms with Crippen molar-refractivity contribution < 1.29 is 10.2 Å². The molecule has 0 saturated heterocycles. The molecule has 0 amide bonds. The van der Waals surface area contributed by atoms with Gasteiger partial charge in [0, 0.05) is 16.7 Å². The van der Waals surface area contributed by atoms with Crippen molar-refractivity contribution in [2.45, 2.75) is 13.5 Å². The minimum absolute atomic E-state index is 0.00944. The van der Waals surface area contributed by atoms with Crippen LogP contribution in [0.4, 0.5) is 0 Å². The maximum atomic E-state index is 9.52. The van der Waals surface area contributed by atoms with Crippen LogP contribution in [0.5, 0.6) is 5.75 Å². The normalized spacial score (nSPS) is 10.0. The summed E-state index contributed by atoms with van der Waals surface area (Å²) in [6.45, 7) is 1.44. The van der Waals surface area contributed by atoms with Crippen LogP contribution in [-0.4, -0.2) is 16.0 Å². The number of aromatic hydroxyl groups is 1. The summed E-state index contributed by atoms with van der Waals surface area (Å²) in [5.41, 5.74) is 6.75. The van der Waals surface area contributed by atoms with E-state index in [9.17, 15) is 5.11 Å². The lowest BCUT2D eigenvalue weighted by Crippen LogP contribution is -2.13. The Bertz CT molecular complexity index is 348. The third kappa shape index (κ3) is 1.62. The molecule has 13 heavy (non-hydrogen) atoms. The van der Waals surface area contributed by atoms with Gasteiger partial charge >= 0.3 is 0 Å².